The standard InChI is InChI=1S/C26H21FN6O/c1-15-7-12-19(13-16(15)2)30-26(34)22-23-25(32-21-6-4-3-5-20(21)31-23)33(24(22)28)29-14-17-8-10-18(27)11-9-17/h3-14H,28H2,1-2H3,(H,30,34). The number of carbonyl (C=O) groups is 1. The van der Waals surface area contributed by atoms with Gasteiger partial charge >= 0.3 is 0 Å². The summed E-state index contributed by atoms with van der Waals surface area (Å²) < 4.78 is 14.6. The number of amides is 1. The summed E-state index contributed by atoms with van der Waals surface area (Å²) in [6.45, 7) is 3.99. The first-order valence-corrected chi connectivity index (χ1v) is 10.7. The predicted octanol–water partition coefficient (Wildman–Crippen LogP) is 5.06. The number of para-hydroxylation sites is 2. The molecule has 0 unspecified atom stereocenters. The molecular weight excluding hydrogens is 431 g/mol. The molecule has 2 aromatic heterocycles. The Bertz CT molecular complexity index is 1590. The number of anilines is 2. The van der Waals surface area contributed by atoms with Crippen molar-refractivity contribution < 1.29 is 9.18 Å². The highest BCUT2D eigenvalue weighted by Gasteiger charge is 2.24. The third-order valence-electron chi connectivity index (χ3n) is 5.66. The highest BCUT2D eigenvalue weighted by molar-refractivity contribution is 6.16. The van der Waals surface area contributed by atoms with E-state index in [0.29, 0.717) is 33.4 Å². The van der Waals surface area contributed by atoms with Crippen molar-refractivity contribution in [2.24, 2.45) is 5.10 Å². The summed E-state index contributed by atoms with van der Waals surface area (Å²) in [5, 5.41) is 7.35. The number of nitrogen functional groups attached to an aromatic ring is 1. The smallest absolute Gasteiger partial charge is 0.261 e. The van der Waals surface area contributed by atoms with Crippen LogP contribution in [-0.4, -0.2) is 26.8 Å². The van der Waals surface area contributed by atoms with Crippen molar-refractivity contribution >= 4 is 45.8 Å². The lowest BCUT2D eigenvalue weighted by Gasteiger charge is -2.08. The zero-order valence-corrected chi connectivity index (χ0v) is 18.6. The largest absolute Gasteiger partial charge is 0.383 e. The van der Waals surface area contributed by atoms with Crippen LogP contribution in [0.2, 0.25) is 0 Å². The molecule has 0 spiro atoms. The zero-order valence-electron chi connectivity index (χ0n) is 18.6. The van der Waals surface area contributed by atoms with E-state index in [0.717, 1.165) is 11.1 Å². The van der Waals surface area contributed by atoms with E-state index in [9.17, 15) is 9.18 Å². The van der Waals surface area contributed by atoms with E-state index in [1.807, 2.05) is 56.3 Å². The maximum absolute atomic E-state index is 13.3. The Labute approximate surface area is 194 Å². The van der Waals surface area contributed by atoms with Crippen LogP contribution in [0.5, 0.6) is 0 Å². The molecule has 0 fully saturated rings. The summed E-state index contributed by atoms with van der Waals surface area (Å²) in [6, 6.07) is 18.9. The van der Waals surface area contributed by atoms with Gasteiger partial charge in [-0.1, -0.05) is 30.3 Å². The number of carbonyl (C=O) groups excluding carboxylic acids is 1. The van der Waals surface area contributed by atoms with Gasteiger partial charge in [0.05, 0.1) is 17.2 Å². The Morgan fingerprint density at radius 3 is 2.41 bits per heavy atom. The number of nitrogens with zero attached hydrogens (tertiary/aromatic N) is 4. The summed E-state index contributed by atoms with van der Waals surface area (Å²) in [5.41, 5.74) is 12.1. The van der Waals surface area contributed by atoms with Crippen molar-refractivity contribution in [1.82, 2.24) is 14.6 Å². The average molecular weight is 452 g/mol. The predicted molar refractivity (Wildman–Crippen MR) is 133 cm³/mol. The Morgan fingerprint density at radius 2 is 1.71 bits per heavy atom. The van der Waals surface area contributed by atoms with Gasteiger partial charge in [0.25, 0.3) is 5.91 Å². The molecular formula is C26H21FN6O. The summed E-state index contributed by atoms with van der Waals surface area (Å²) in [5.74, 6) is -0.651. The fraction of sp³-hybridized carbons (Fsp3) is 0.0769. The van der Waals surface area contributed by atoms with Crippen molar-refractivity contribution in [3.05, 3.63) is 94.8 Å². The topological polar surface area (TPSA) is 98.2 Å². The van der Waals surface area contributed by atoms with E-state index in [4.69, 9.17) is 5.73 Å². The zero-order chi connectivity index (χ0) is 23.8. The van der Waals surface area contributed by atoms with E-state index >= 15 is 0 Å². The van der Waals surface area contributed by atoms with Crippen LogP contribution in [0.1, 0.15) is 27.0 Å². The molecule has 0 radical (unpaired) electrons. The molecule has 7 nitrogen and oxygen atoms in total. The van der Waals surface area contributed by atoms with Crippen LogP contribution in [0.3, 0.4) is 0 Å². The maximum Gasteiger partial charge on any atom is 0.261 e. The fourth-order valence-corrected chi connectivity index (χ4v) is 3.67. The Kier molecular flexibility index (Phi) is 5.25. The number of hydrogen-bond donors (Lipinski definition) is 2. The van der Waals surface area contributed by atoms with Crippen LogP contribution < -0.4 is 11.1 Å². The molecule has 0 aliphatic heterocycles. The van der Waals surface area contributed by atoms with Crippen molar-refractivity contribution in [2.45, 2.75) is 13.8 Å². The average Bonchev–Trinajstić information content (AvgIpc) is 3.09. The first kappa shape index (κ1) is 21.3. The second-order valence-electron chi connectivity index (χ2n) is 8.01. The molecule has 0 bridgehead atoms. The molecule has 1 amide bonds. The van der Waals surface area contributed by atoms with Gasteiger partial charge in [-0.15, -0.1) is 0 Å². The minimum absolute atomic E-state index is 0.102. The molecule has 0 saturated heterocycles. The van der Waals surface area contributed by atoms with E-state index in [1.165, 1.54) is 23.0 Å². The molecule has 0 atom stereocenters. The van der Waals surface area contributed by atoms with E-state index in [1.54, 1.807) is 12.1 Å². The molecule has 0 aliphatic carbocycles. The molecule has 5 aromatic rings. The number of nitrogens with one attached hydrogen (secondary N) is 1. The van der Waals surface area contributed by atoms with Gasteiger partial charge in [-0.2, -0.15) is 9.78 Å². The van der Waals surface area contributed by atoms with Gasteiger partial charge in [-0.3, -0.25) is 4.79 Å². The van der Waals surface area contributed by atoms with Crippen LogP contribution in [0.4, 0.5) is 15.9 Å². The van der Waals surface area contributed by atoms with E-state index in [-0.39, 0.29) is 17.2 Å². The number of fused-ring (bicyclic) bond motifs is 2. The van der Waals surface area contributed by atoms with Crippen molar-refractivity contribution in [3.63, 3.8) is 0 Å². The second-order valence-corrected chi connectivity index (χ2v) is 8.01. The monoisotopic (exact) mass is 452 g/mol. The second kappa shape index (κ2) is 8.40. The lowest BCUT2D eigenvalue weighted by atomic mass is 10.1. The highest BCUT2D eigenvalue weighted by Crippen LogP contribution is 2.29. The Hall–Kier alpha value is -4.59. The summed E-state index contributed by atoms with van der Waals surface area (Å²) in [4.78, 5) is 22.7. The molecule has 2 heterocycles. The van der Waals surface area contributed by atoms with Gasteiger partial charge < -0.3 is 11.1 Å². The van der Waals surface area contributed by atoms with Gasteiger partial charge in [0.1, 0.15) is 22.7 Å². The van der Waals surface area contributed by atoms with Crippen LogP contribution >= 0.6 is 0 Å². The molecule has 0 aliphatic rings. The van der Waals surface area contributed by atoms with Crippen LogP contribution in [0.15, 0.2) is 71.8 Å². The maximum atomic E-state index is 13.3. The highest BCUT2D eigenvalue weighted by atomic mass is 19.1. The van der Waals surface area contributed by atoms with Gasteiger partial charge in [0.2, 0.25) is 0 Å². The van der Waals surface area contributed by atoms with Gasteiger partial charge in [0, 0.05) is 5.69 Å². The van der Waals surface area contributed by atoms with Crippen molar-refractivity contribution in [2.75, 3.05) is 11.1 Å². The number of aromatic nitrogens is 3. The summed E-state index contributed by atoms with van der Waals surface area (Å²) >= 11 is 0. The van der Waals surface area contributed by atoms with E-state index in [2.05, 4.69) is 20.4 Å². The van der Waals surface area contributed by atoms with Crippen LogP contribution in [0.25, 0.3) is 22.2 Å². The van der Waals surface area contributed by atoms with Crippen molar-refractivity contribution in [3.8, 4) is 0 Å². The number of hydrogen-bond acceptors (Lipinski definition) is 5. The van der Waals surface area contributed by atoms with Gasteiger partial charge in [0.15, 0.2) is 5.65 Å². The number of halogens is 1. The minimum Gasteiger partial charge on any atom is -0.383 e. The van der Waals surface area contributed by atoms with Gasteiger partial charge in [-0.05, 0) is 66.9 Å². The molecule has 168 valence electrons. The fourth-order valence-electron chi connectivity index (χ4n) is 3.67. The van der Waals surface area contributed by atoms with Crippen LogP contribution in [0, 0.1) is 19.7 Å². The number of nitrogens with two attached hydrogens (primary N) is 1. The van der Waals surface area contributed by atoms with Crippen LogP contribution in [-0.2, 0) is 0 Å². The molecule has 0 saturated carbocycles. The summed E-state index contributed by atoms with van der Waals surface area (Å²) in [7, 11) is 0. The number of benzene rings is 3. The number of rotatable bonds is 4. The molecule has 5 rings (SSSR count). The van der Waals surface area contributed by atoms with E-state index < -0.39 is 5.91 Å². The molecule has 8 heteroatoms. The quantitative estimate of drug-likeness (QED) is 0.373. The molecule has 3 N–H and O–H groups in total. The number of aryl methyl sites for hydroxylation is 2. The summed E-state index contributed by atoms with van der Waals surface area (Å²) in [6.07, 6.45) is 1.52. The first-order valence-electron chi connectivity index (χ1n) is 10.7. The SMILES string of the molecule is Cc1ccc(NC(=O)c2c(N)n(N=Cc3ccc(F)cc3)c3nc4ccccc4nc23)cc1C. The first-order chi connectivity index (χ1) is 16.4. The molecule has 34 heavy (non-hydrogen) atoms. The van der Waals surface area contributed by atoms with Crippen molar-refractivity contribution in [1.29, 1.82) is 0 Å². The normalized spacial score (nSPS) is 11.5. The third kappa shape index (κ3) is 3.86. The lowest BCUT2D eigenvalue weighted by Crippen LogP contribution is -2.14. The minimum atomic E-state index is -0.411. The Morgan fingerprint density at radius 1 is 1.00 bits per heavy atom. The van der Waals surface area contributed by atoms with Gasteiger partial charge in [-0.25, -0.2) is 14.4 Å². The molecule has 3 aromatic carbocycles. The third-order valence-corrected chi connectivity index (χ3v) is 5.66. The lowest BCUT2D eigenvalue weighted by molar-refractivity contribution is 0.102. The Balaban J connectivity index is 1.64.